The Balaban J connectivity index is 3.37. The summed E-state index contributed by atoms with van der Waals surface area (Å²) in [4.78, 5) is 0. The van der Waals surface area contributed by atoms with E-state index in [1.165, 1.54) is 14.0 Å². The van der Waals surface area contributed by atoms with Gasteiger partial charge >= 0.3 is 0 Å². The highest BCUT2D eigenvalue weighted by atomic mass is 16.6. The minimum absolute atomic E-state index is 0.0547. The Bertz CT molecular complexity index is 60.7. The Labute approximate surface area is 48.9 Å². The van der Waals surface area contributed by atoms with Crippen molar-refractivity contribution in [3.05, 3.63) is 0 Å². The van der Waals surface area contributed by atoms with Gasteiger partial charge in [0.1, 0.15) is 0 Å². The van der Waals surface area contributed by atoms with E-state index in [0.29, 0.717) is 0 Å². The van der Waals surface area contributed by atoms with Crippen LogP contribution in [0.15, 0.2) is 0 Å². The maximum atomic E-state index is 8.94. The lowest BCUT2D eigenvalue weighted by molar-refractivity contribution is -0.179. The number of methoxy groups -OCH3 is 1. The molecule has 0 saturated carbocycles. The highest BCUT2D eigenvalue weighted by Gasteiger charge is 2.16. The maximum Gasteiger partial charge on any atom is 0.164 e. The summed E-state index contributed by atoms with van der Waals surface area (Å²) in [6, 6.07) is 0. The van der Waals surface area contributed by atoms with Crippen LogP contribution in [0.4, 0.5) is 0 Å². The van der Waals surface area contributed by atoms with Gasteiger partial charge in [-0.15, -0.1) is 0 Å². The van der Waals surface area contributed by atoms with E-state index in [1.807, 2.05) is 0 Å². The zero-order valence-corrected chi connectivity index (χ0v) is 5.22. The van der Waals surface area contributed by atoms with E-state index in [1.54, 1.807) is 0 Å². The lowest BCUT2D eigenvalue weighted by atomic mass is 10.2. The van der Waals surface area contributed by atoms with Crippen molar-refractivity contribution in [2.45, 2.75) is 19.1 Å². The van der Waals surface area contributed by atoms with E-state index in [-0.39, 0.29) is 13.0 Å². The molecule has 0 bridgehead atoms. The summed E-state index contributed by atoms with van der Waals surface area (Å²) in [5.41, 5.74) is 0. The molecule has 0 saturated heterocycles. The van der Waals surface area contributed by atoms with E-state index in [9.17, 15) is 0 Å². The molecule has 8 heavy (non-hydrogen) atoms. The number of hydrogen-bond acceptors (Lipinski definition) is 3. The fourth-order valence-corrected chi connectivity index (χ4v) is 0.310. The molecule has 2 N–H and O–H groups in total. The van der Waals surface area contributed by atoms with Crippen LogP contribution in [-0.4, -0.2) is 29.7 Å². The summed E-state index contributed by atoms with van der Waals surface area (Å²) in [7, 11) is 1.40. The van der Waals surface area contributed by atoms with Crippen LogP contribution in [0.5, 0.6) is 0 Å². The summed E-state index contributed by atoms with van der Waals surface area (Å²) < 4.78 is 4.57. The van der Waals surface area contributed by atoms with Crippen molar-refractivity contribution >= 4 is 0 Å². The lowest BCUT2D eigenvalue weighted by Gasteiger charge is -2.19. The molecule has 0 aromatic heterocycles. The van der Waals surface area contributed by atoms with Crippen molar-refractivity contribution in [2.24, 2.45) is 0 Å². The summed E-state index contributed by atoms with van der Waals surface area (Å²) in [5, 5.41) is 17.2. The highest BCUT2D eigenvalue weighted by Crippen LogP contribution is 2.07. The van der Waals surface area contributed by atoms with E-state index in [4.69, 9.17) is 10.2 Å². The van der Waals surface area contributed by atoms with Gasteiger partial charge in [0.2, 0.25) is 0 Å². The second kappa shape index (κ2) is 3.02. The number of hydrogen-bond donors (Lipinski definition) is 2. The second-order valence-corrected chi connectivity index (χ2v) is 1.85. The smallest absolute Gasteiger partial charge is 0.164 e. The molecule has 0 heterocycles. The normalized spacial score (nSPS) is 18.0. The van der Waals surface area contributed by atoms with Crippen LogP contribution in [0.3, 0.4) is 0 Å². The molecular weight excluding hydrogens is 108 g/mol. The molecule has 50 valence electrons. The molecule has 0 spiro atoms. The lowest BCUT2D eigenvalue weighted by Crippen LogP contribution is -2.27. The zero-order valence-electron chi connectivity index (χ0n) is 5.22. The third kappa shape index (κ3) is 2.96. The second-order valence-electron chi connectivity index (χ2n) is 1.85. The van der Waals surface area contributed by atoms with Crippen LogP contribution in [0.25, 0.3) is 0 Å². The molecule has 0 aromatic carbocycles. The van der Waals surface area contributed by atoms with Crippen LogP contribution in [0.1, 0.15) is 13.3 Å². The Hall–Kier alpha value is -0.120. The highest BCUT2D eigenvalue weighted by molar-refractivity contribution is 4.55. The fourth-order valence-electron chi connectivity index (χ4n) is 0.310. The van der Waals surface area contributed by atoms with E-state index >= 15 is 0 Å². The maximum absolute atomic E-state index is 8.94. The third-order valence-electron chi connectivity index (χ3n) is 1.02. The molecule has 3 nitrogen and oxygen atoms in total. The largest absolute Gasteiger partial charge is 0.396 e. The predicted octanol–water partition coefficient (Wildman–Crippen LogP) is -0.276. The minimum Gasteiger partial charge on any atom is -0.396 e. The van der Waals surface area contributed by atoms with Gasteiger partial charge < -0.3 is 14.9 Å². The van der Waals surface area contributed by atoms with Gasteiger partial charge in [0.25, 0.3) is 0 Å². The zero-order chi connectivity index (χ0) is 6.62. The van der Waals surface area contributed by atoms with E-state index < -0.39 is 5.79 Å². The Morgan fingerprint density at radius 2 is 2.12 bits per heavy atom. The van der Waals surface area contributed by atoms with Gasteiger partial charge in [0.15, 0.2) is 5.79 Å². The molecule has 0 aliphatic rings. The van der Waals surface area contributed by atoms with Crippen LogP contribution < -0.4 is 0 Å². The predicted molar refractivity (Wildman–Crippen MR) is 29.3 cm³/mol. The van der Waals surface area contributed by atoms with E-state index in [0.717, 1.165) is 0 Å². The average Bonchev–Trinajstić information content (AvgIpc) is 1.67. The first-order valence-electron chi connectivity index (χ1n) is 2.51. The van der Waals surface area contributed by atoms with Crippen LogP contribution in [0, 0.1) is 0 Å². The van der Waals surface area contributed by atoms with Gasteiger partial charge in [-0.1, -0.05) is 0 Å². The number of aliphatic hydroxyl groups excluding tert-OH is 1. The Kier molecular flexibility index (Phi) is 2.97. The van der Waals surface area contributed by atoms with Gasteiger partial charge in [0, 0.05) is 20.1 Å². The quantitative estimate of drug-likeness (QED) is 0.504. The van der Waals surface area contributed by atoms with Gasteiger partial charge in [-0.05, 0) is 6.92 Å². The van der Waals surface area contributed by atoms with Crippen LogP contribution in [0.2, 0.25) is 0 Å². The topological polar surface area (TPSA) is 49.7 Å². The van der Waals surface area contributed by atoms with Crippen molar-refractivity contribution in [1.29, 1.82) is 0 Å². The van der Waals surface area contributed by atoms with Gasteiger partial charge in [0.05, 0.1) is 0 Å². The molecule has 0 aliphatic carbocycles. The molecule has 3 heteroatoms. The van der Waals surface area contributed by atoms with Crippen LogP contribution in [-0.2, 0) is 4.74 Å². The first-order valence-corrected chi connectivity index (χ1v) is 2.51. The van der Waals surface area contributed by atoms with Crippen molar-refractivity contribution in [1.82, 2.24) is 0 Å². The standard InChI is InChI=1S/C5H12O3/c1-5(7,8-2)3-4-6/h6-7H,3-4H2,1-2H3. The van der Waals surface area contributed by atoms with Crippen LogP contribution >= 0.6 is 0 Å². The number of rotatable bonds is 3. The molecule has 0 fully saturated rings. The van der Waals surface area contributed by atoms with Gasteiger partial charge in [-0.3, -0.25) is 0 Å². The summed E-state index contributed by atoms with van der Waals surface area (Å²) in [5.74, 6) is -1.16. The van der Waals surface area contributed by atoms with Gasteiger partial charge in [-0.2, -0.15) is 0 Å². The monoisotopic (exact) mass is 120 g/mol. The molecule has 0 aliphatic heterocycles. The molecular formula is C5H12O3. The molecule has 1 unspecified atom stereocenters. The Morgan fingerprint density at radius 1 is 1.62 bits per heavy atom. The third-order valence-corrected chi connectivity index (χ3v) is 1.02. The first kappa shape index (κ1) is 7.88. The number of aliphatic hydroxyl groups is 2. The molecule has 0 radical (unpaired) electrons. The number of ether oxygens (including phenoxy) is 1. The first-order chi connectivity index (χ1) is 3.62. The summed E-state index contributed by atoms with van der Waals surface area (Å²) in [6.07, 6.45) is 0.253. The molecule has 0 rings (SSSR count). The Morgan fingerprint density at radius 3 is 2.25 bits per heavy atom. The van der Waals surface area contributed by atoms with Crippen molar-refractivity contribution in [3.8, 4) is 0 Å². The SMILES string of the molecule is COC(C)(O)CCO. The van der Waals surface area contributed by atoms with Crippen molar-refractivity contribution < 1.29 is 14.9 Å². The molecule has 0 aromatic rings. The minimum atomic E-state index is -1.16. The average molecular weight is 120 g/mol. The summed E-state index contributed by atoms with van der Waals surface area (Å²) >= 11 is 0. The van der Waals surface area contributed by atoms with Crippen molar-refractivity contribution in [3.63, 3.8) is 0 Å². The molecule has 0 amide bonds. The summed E-state index contributed by atoms with van der Waals surface area (Å²) in [6.45, 7) is 1.45. The molecule has 1 atom stereocenters. The van der Waals surface area contributed by atoms with Gasteiger partial charge in [-0.25, -0.2) is 0 Å². The fraction of sp³-hybridized carbons (Fsp3) is 1.00. The van der Waals surface area contributed by atoms with Crippen molar-refractivity contribution in [2.75, 3.05) is 13.7 Å². The van der Waals surface area contributed by atoms with E-state index in [2.05, 4.69) is 4.74 Å².